The molecule has 1 N–H and O–H groups in total. The van der Waals surface area contributed by atoms with E-state index in [4.69, 9.17) is 4.74 Å². The Hall–Kier alpha value is -3.29. The third-order valence-corrected chi connectivity index (χ3v) is 4.94. The number of hydrogen-bond acceptors (Lipinski definition) is 4. The minimum absolute atomic E-state index is 0.0858. The van der Waals surface area contributed by atoms with Crippen molar-refractivity contribution in [3.8, 4) is 5.75 Å². The Labute approximate surface area is 170 Å². The van der Waals surface area contributed by atoms with E-state index < -0.39 is 41.0 Å². The lowest BCUT2D eigenvalue weighted by Gasteiger charge is -2.13. The number of benzene rings is 2. The zero-order valence-electron chi connectivity index (χ0n) is 16.6. The number of aromatic hydroxyl groups is 1. The van der Waals surface area contributed by atoms with E-state index in [-0.39, 0.29) is 34.3 Å². The van der Waals surface area contributed by atoms with Crippen molar-refractivity contribution in [3.05, 3.63) is 64.6 Å². The zero-order chi connectivity index (χ0) is 22.2. The molecule has 0 bridgehead atoms. The van der Waals surface area contributed by atoms with Crippen LogP contribution in [0, 0.1) is 24.4 Å². The monoisotopic (exact) mass is 419 g/mol. The van der Waals surface area contributed by atoms with Gasteiger partial charge in [0.1, 0.15) is 0 Å². The average molecular weight is 419 g/mol. The number of nitrogens with zero attached hydrogens (tertiary/aromatic N) is 1. The van der Waals surface area contributed by atoms with E-state index in [1.54, 1.807) is 0 Å². The van der Waals surface area contributed by atoms with Crippen LogP contribution in [-0.2, 0) is 9.53 Å². The standard InChI is InChI=1S/C22H20F3NO4/c1-4-9-30-22(29)11(2)18-12(3)26(16-7-8-17(27)20(25)19(16)18)21(28)13-5-6-14(23)15(24)10-13/h5-8,10-11,27H,4,9H2,1-3H3/t11-/m0/s1. The number of rotatable bonds is 5. The van der Waals surface area contributed by atoms with Crippen molar-refractivity contribution in [2.75, 3.05) is 6.61 Å². The Morgan fingerprint density at radius 1 is 1.13 bits per heavy atom. The summed E-state index contributed by atoms with van der Waals surface area (Å²) in [6, 6.07) is 5.09. The molecule has 0 aliphatic rings. The highest BCUT2D eigenvalue weighted by Crippen LogP contribution is 2.37. The van der Waals surface area contributed by atoms with Gasteiger partial charge in [-0.2, -0.15) is 0 Å². The first-order valence-electron chi connectivity index (χ1n) is 9.37. The lowest BCUT2D eigenvalue weighted by Crippen LogP contribution is -2.17. The van der Waals surface area contributed by atoms with Gasteiger partial charge in [-0.05, 0) is 56.2 Å². The predicted octanol–water partition coefficient (Wildman–Crippen LogP) is 4.82. The topological polar surface area (TPSA) is 68.5 Å². The van der Waals surface area contributed by atoms with Crippen LogP contribution >= 0.6 is 0 Å². The fourth-order valence-electron chi connectivity index (χ4n) is 3.47. The maximum absolute atomic E-state index is 14.9. The number of aromatic nitrogens is 1. The molecule has 0 spiro atoms. The van der Waals surface area contributed by atoms with Crippen LogP contribution in [0.3, 0.4) is 0 Å². The van der Waals surface area contributed by atoms with Crippen molar-refractivity contribution in [1.29, 1.82) is 0 Å². The van der Waals surface area contributed by atoms with Crippen molar-refractivity contribution in [2.45, 2.75) is 33.1 Å². The van der Waals surface area contributed by atoms with Gasteiger partial charge in [-0.3, -0.25) is 14.2 Å². The molecule has 8 heteroatoms. The maximum Gasteiger partial charge on any atom is 0.313 e. The van der Waals surface area contributed by atoms with Crippen molar-refractivity contribution in [1.82, 2.24) is 4.57 Å². The van der Waals surface area contributed by atoms with Crippen LogP contribution in [0.25, 0.3) is 10.9 Å². The van der Waals surface area contributed by atoms with Crippen molar-refractivity contribution in [2.24, 2.45) is 0 Å². The van der Waals surface area contributed by atoms with Crippen LogP contribution in [0.15, 0.2) is 30.3 Å². The summed E-state index contributed by atoms with van der Waals surface area (Å²) in [5, 5.41) is 9.74. The number of carbonyl (C=O) groups excluding carboxylic acids is 2. The van der Waals surface area contributed by atoms with E-state index in [2.05, 4.69) is 0 Å². The largest absolute Gasteiger partial charge is 0.505 e. The molecule has 3 rings (SSSR count). The second-order valence-corrected chi connectivity index (χ2v) is 6.95. The summed E-state index contributed by atoms with van der Waals surface area (Å²) >= 11 is 0. The first-order valence-corrected chi connectivity index (χ1v) is 9.37. The fourth-order valence-corrected chi connectivity index (χ4v) is 3.47. The number of hydrogen-bond donors (Lipinski definition) is 1. The van der Waals surface area contributed by atoms with E-state index in [1.165, 1.54) is 19.9 Å². The van der Waals surface area contributed by atoms with E-state index in [9.17, 15) is 27.9 Å². The van der Waals surface area contributed by atoms with E-state index >= 15 is 0 Å². The predicted molar refractivity (Wildman–Crippen MR) is 104 cm³/mol. The third kappa shape index (κ3) is 3.53. The maximum atomic E-state index is 14.9. The van der Waals surface area contributed by atoms with E-state index in [0.29, 0.717) is 6.42 Å². The van der Waals surface area contributed by atoms with Gasteiger partial charge < -0.3 is 9.84 Å². The SMILES string of the molecule is CCCOC(=O)[C@@H](C)c1c(C)n(C(=O)c2ccc(F)c(F)c2)c2ccc(O)c(F)c12. The van der Waals surface area contributed by atoms with Gasteiger partial charge in [0.2, 0.25) is 0 Å². The van der Waals surface area contributed by atoms with Crippen LogP contribution in [0.2, 0.25) is 0 Å². The Balaban J connectivity index is 2.24. The molecule has 0 amide bonds. The smallest absolute Gasteiger partial charge is 0.313 e. The number of esters is 1. The molecule has 0 unspecified atom stereocenters. The molecule has 0 saturated heterocycles. The number of phenolic OH excluding ortho intramolecular Hbond substituents is 1. The summed E-state index contributed by atoms with van der Waals surface area (Å²) < 4.78 is 48.1. The third-order valence-electron chi connectivity index (χ3n) is 4.94. The molecule has 5 nitrogen and oxygen atoms in total. The van der Waals surface area contributed by atoms with Gasteiger partial charge in [-0.1, -0.05) is 6.92 Å². The highest BCUT2D eigenvalue weighted by atomic mass is 19.2. The van der Waals surface area contributed by atoms with Crippen molar-refractivity contribution >= 4 is 22.8 Å². The molecule has 3 aromatic rings. The quantitative estimate of drug-likeness (QED) is 0.602. The summed E-state index contributed by atoms with van der Waals surface area (Å²) in [6.45, 7) is 5.03. The summed E-state index contributed by atoms with van der Waals surface area (Å²) in [6.07, 6.45) is 0.600. The van der Waals surface area contributed by atoms with Gasteiger partial charge in [0.15, 0.2) is 23.2 Å². The molecule has 158 valence electrons. The molecule has 1 aromatic heterocycles. The molecule has 2 aromatic carbocycles. The molecule has 0 aliphatic carbocycles. The summed E-state index contributed by atoms with van der Waals surface area (Å²) in [5.41, 5.74) is 0.332. The molecular weight excluding hydrogens is 399 g/mol. The van der Waals surface area contributed by atoms with Gasteiger partial charge in [0.05, 0.1) is 18.0 Å². The van der Waals surface area contributed by atoms with Gasteiger partial charge in [-0.15, -0.1) is 0 Å². The molecular formula is C22H20F3NO4. The minimum atomic E-state index is -1.20. The minimum Gasteiger partial charge on any atom is -0.505 e. The number of carbonyl (C=O) groups is 2. The van der Waals surface area contributed by atoms with Gasteiger partial charge >= 0.3 is 5.97 Å². The first-order chi connectivity index (χ1) is 14.2. The van der Waals surface area contributed by atoms with Crippen LogP contribution < -0.4 is 0 Å². The lowest BCUT2D eigenvalue weighted by molar-refractivity contribution is -0.145. The Kier molecular flexibility index (Phi) is 5.87. The van der Waals surface area contributed by atoms with Gasteiger partial charge in [0, 0.05) is 16.6 Å². The van der Waals surface area contributed by atoms with Crippen LogP contribution in [0.4, 0.5) is 13.2 Å². The molecule has 0 aliphatic heterocycles. The fraction of sp³-hybridized carbons (Fsp3) is 0.273. The summed E-state index contributed by atoms with van der Waals surface area (Å²) in [5.74, 6) is -6.22. The second kappa shape index (κ2) is 8.22. The zero-order valence-corrected chi connectivity index (χ0v) is 16.6. The number of ether oxygens (including phenoxy) is 1. The highest BCUT2D eigenvalue weighted by Gasteiger charge is 2.30. The molecule has 0 saturated carbocycles. The van der Waals surface area contributed by atoms with Crippen LogP contribution in [0.5, 0.6) is 5.75 Å². The molecule has 0 radical (unpaired) electrons. The van der Waals surface area contributed by atoms with Crippen molar-refractivity contribution < 1.29 is 32.6 Å². The number of phenols is 1. The Morgan fingerprint density at radius 2 is 1.83 bits per heavy atom. The van der Waals surface area contributed by atoms with E-state index in [1.807, 2.05) is 6.92 Å². The number of fused-ring (bicyclic) bond motifs is 1. The van der Waals surface area contributed by atoms with E-state index in [0.717, 1.165) is 28.8 Å². The summed E-state index contributed by atoms with van der Waals surface area (Å²) in [4.78, 5) is 25.5. The van der Waals surface area contributed by atoms with Gasteiger partial charge in [0.25, 0.3) is 5.91 Å². The van der Waals surface area contributed by atoms with Crippen LogP contribution in [-0.4, -0.2) is 28.2 Å². The molecule has 0 fully saturated rings. The number of halogens is 3. The average Bonchev–Trinajstić information content (AvgIpc) is 3.02. The normalized spacial score (nSPS) is 12.2. The highest BCUT2D eigenvalue weighted by molar-refractivity contribution is 6.05. The Morgan fingerprint density at radius 3 is 2.47 bits per heavy atom. The Bertz CT molecular complexity index is 1150. The van der Waals surface area contributed by atoms with Crippen LogP contribution in [0.1, 0.15) is 47.8 Å². The molecule has 1 heterocycles. The lowest BCUT2D eigenvalue weighted by atomic mass is 9.97. The van der Waals surface area contributed by atoms with Gasteiger partial charge in [-0.25, -0.2) is 13.2 Å². The first kappa shape index (κ1) is 21.4. The molecule has 1 atom stereocenters. The summed E-state index contributed by atoms with van der Waals surface area (Å²) in [7, 11) is 0. The van der Waals surface area contributed by atoms with Crippen molar-refractivity contribution in [3.63, 3.8) is 0 Å². The second-order valence-electron chi connectivity index (χ2n) is 6.95. The molecule has 30 heavy (non-hydrogen) atoms.